The van der Waals surface area contributed by atoms with Gasteiger partial charge in [-0.3, -0.25) is 4.79 Å². The molecule has 2 aromatic carbocycles. The van der Waals surface area contributed by atoms with Gasteiger partial charge in [0.15, 0.2) is 0 Å². The van der Waals surface area contributed by atoms with E-state index in [0.29, 0.717) is 35.1 Å². The van der Waals surface area contributed by atoms with Gasteiger partial charge in [-0.2, -0.15) is 4.31 Å². The van der Waals surface area contributed by atoms with Crippen molar-refractivity contribution in [2.45, 2.75) is 17.7 Å². The number of nitrogens with zero attached hydrogens (tertiary/aromatic N) is 1. The van der Waals surface area contributed by atoms with Gasteiger partial charge in [0.25, 0.3) is 0 Å². The second-order valence-corrected chi connectivity index (χ2v) is 9.01. The Morgan fingerprint density at radius 2 is 1.69 bits per heavy atom. The smallest absolute Gasteiger partial charge is 0.243 e. The number of benzene rings is 2. The molecule has 1 heterocycles. The van der Waals surface area contributed by atoms with Crippen LogP contribution < -0.4 is 14.8 Å². The summed E-state index contributed by atoms with van der Waals surface area (Å²) in [7, 11) is -0.556. The molecule has 1 N–H and O–H groups in total. The number of rotatable bonds is 6. The molecule has 9 heteroatoms. The lowest BCUT2D eigenvalue weighted by Crippen LogP contribution is -2.41. The van der Waals surface area contributed by atoms with E-state index in [2.05, 4.69) is 5.32 Å². The van der Waals surface area contributed by atoms with Gasteiger partial charge >= 0.3 is 0 Å². The minimum Gasteiger partial charge on any atom is -0.495 e. The maximum absolute atomic E-state index is 12.7. The summed E-state index contributed by atoms with van der Waals surface area (Å²) in [5.41, 5.74) is 0.447. The fourth-order valence-electron chi connectivity index (χ4n) is 3.29. The SMILES string of the molecule is COc1cc(OC)c(NC(=O)C2CCN(S(=O)(=O)c3ccccc3)CC2)cc1Cl. The first-order valence-electron chi connectivity index (χ1n) is 9.14. The van der Waals surface area contributed by atoms with Crippen LogP contribution in [0.25, 0.3) is 0 Å². The van der Waals surface area contributed by atoms with Gasteiger partial charge < -0.3 is 14.8 Å². The van der Waals surface area contributed by atoms with Crippen LogP contribution in [0.3, 0.4) is 0 Å². The summed E-state index contributed by atoms with van der Waals surface area (Å²) < 4.78 is 37.3. The van der Waals surface area contributed by atoms with Crippen LogP contribution in [-0.4, -0.2) is 45.9 Å². The lowest BCUT2D eigenvalue weighted by molar-refractivity contribution is -0.120. The summed E-state index contributed by atoms with van der Waals surface area (Å²) in [5.74, 6) is 0.383. The Hall–Kier alpha value is -2.29. The van der Waals surface area contributed by atoms with Gasteiger partial charge in [0.05, 0.1) is 29.8 Å². The number of sulfonamides is 1. The van der Waals surface area contributed by atoms with Crippen LogP contribution in [0.4, 0.5) is 5.69 Å². The molecule has 1 saturated heterocycles. The zero-order valence-electron chi connectivity index (χ0n) is 16.2. The molecule has 0 bridgehead atoms. The highest BCUT2D eigenvalue weighted by atomic mass is 35.5. The molecular formula is C20H23ClN2O5S. The first kappa shape index (κ1) is 21.4. The normalized spacial score (nSPS) is 15.7. The van der Waals surface area contributed by atoms with Crippen molar-refractivity contribution in [2.24, 2.45) is 5.92 Å². The number of amides is 1. The van der Waals surface area contributed by atoms with Crippen molar-refractivity contribution in [2.75, 3.05) is 32.6 Å². The van der Waals surface area contributed by atoms with Crippen molar-refractivity contribution in [3.05, 3.63) is 47.5 Å². The van der Waals surface area contributed by atoms with Crippen molar-refractivity contribution in [1.82, 2.24) is 4.31 Å². The third-order valence-corrected chi connectivity index (χ3v) is 7.15. The number of anilines is 1. The molecule has 1 amide bonds. The number of methoxy groups -OCH3 is 2. The van der Waals surface area contributed by atoms with Crippen LogP contribution >= 0.6 is 11.6 Å². The van der Waals surface area contributed by atoms with E-state index in [9.17, 15) is 13.2 Å². The number of hydrogen-bond donors (Lipinski definition) is 1. The Bertz CT molecular complexity index is 974. The molecular weight excluding hydrogens is 416 g/mol. The van der Waals surface area contributed by atoms with E-state index in [-0.39, 0.29) is 29.8 Å². The fraction of sp³-hybridized carbons (Fsp3) is 0.350. The van der Waals surface area contributed by atoms with E-state index in [1.807, 2.05) is 0 Å². The van der Waals surface area contributed by atoms with Crippen LogP contribution in [0.15, 0.2) is 47.4 Å². The summed E-state index contributed by atoms with van der Waals surface area (Å²) in [4.78, 5) is 13.0. The molecule has 7 nitrogen and oxygen atoms in total. The maximum Gasteiger partial charge on any atom is 0.243 e. The molecule has 1 aliphatic rings. The average molecular weight is 439 g/mol. The Labute approximate surface area is 175 Å². The molecule has 29 heavy (non-hydrogen) atoms. The van der Waals surface area contributed by atoms with Gasteiger partial charge in [-0.25, -0.2) is 8.42 Å². The van der Waals surface area contributed by atoms with Crippen LogP contribution in [0.5, 0.6) is 11.5 Å². The molecule has 1 aliphatic heterocycles. The summed E-state index contributed by atoms with van der Waals surface area (Å²) in [5, 5.41) is 3.19. The number of ether oxygens (including phenoxy) is 2. The standard InChI is InChI=1S/C20H23ClN2O5S/c1-27-18-13-19(28-2)17(12-16(18)21)22-20(24)14-8-10-23(11-9-14)29(25,26)15-6-4-3-5-7-15/h3-7,12-14H,8-11H2,1-2H3,(H,22,24). The number of hydrogen-bond acceptors (Lipinski definition) is 5. The molecule has 0 spiro atoms. The molecule has 1 fully saturated rings. The number of carbonyl (C=O) groups is 1. The molecule has 3 rings (SSSR count). The predicted molar refractivity (Wildman–Crippen MR) is 111 cm³/mol. The Morgan fingerprint density at radius 3 is 2.28 bits per heavy atom. The van der Waals surface area contributed by atoms with E-state index in [4.69, 9.17) is 21.1 Å². The fourth-order valence-corrected chi connectivity index (χ4v) is 5.02. The lowest BCUT2D eigenvalue weighted by atomic mass is 9.97. The largest absolute Gasteiger partial charge is 0.495 e. The quantitative estimate of drug-likeness (QED) is 0.747. The zero-order chi connectivity index (χ0) is 21.0. The second-order valence-electron chi connectivity index (χ2n) is 6.67. The van der Waals surface area contributed by atoms with Crippen molar-refractivity contribution < 1.29 is 22.7 Å². The first-order valence-corrected chi connectivity index (χ1v) is 11.0. The number of piperidine rings is 1. The van der Waals surface area contributed by atoms with Gasteiger partial charge in [0, 0.05) is 25.1 Å². The van der Waals surface area contributed by atoms with Crippen molar-refractivity contribution in [3.63, 3.8) is 0 Å². The first-order chi connectivity index (χ1) is 13.9. The van der Waals surface area contributed by atoms with Gasteiger partial charge in [-0.1, -0.05) is 29.8 Å². The molecule has 0 aliphatic carbocycles. The molecule has 0 atom stereocenters. The van der Waals surface area contributed by atoms with Crippen molar-refractivity contribution in [3.8, 4) is 11.5 Å². The molecule has 2 aromatic rings. The Morgan fingerprint density at radius 1 is 1.07 bits per heavy atom. The van der Waals surface area contributed by atoms with Gasteiger partial charge in [0.2, 0.25) is 15.9 Å². The van der Waals surface area contributed by atoms with Crippen LogP contribution in [0.2, 0.25) is 5.02 Å². The summed E-state index contributed by atoms with van der Waals surface area (Å²) in [6.07, 6.45) is 0.869. The third kappa shape index (κ3) is 4.66. The van der Waals surface area contributed by atoms with E-state index in [1.54, 1.807) is 42.5 Å². The van der Waals surface area contributed by atoms with Crippen molar-refractivity contribution >= 4 is 33.2 Å². The molecule has 0 saturated carbocycles. The third-order valence-electron chi connectivity index (χ3n) is 4.94. The van der Waals surface area contributed by atoms with E-state index < -0.39 is 10.0 Å². The van der Waals surface area contributed by atoms with Gasteiger partial charge in [0.1, 0.15) is 11.5 Å². The highest BCUT2D eigenvalue weighted by Gasteiger charge is 2.32. The van der Waals surface area contributed by atoms with Crippen LogP contribution in [0, 0.1) is 5.92 Å². The van der Waals surface area contributed by atoms with Crippen molar-refractivity contribution in [1.29, 1.82) is 0 Å². The monoisotopic (exact) mass is 438 g/mol. The number of nitrogens with one attached hydrogen (secondary N) is 1. The average Bonchev–Trinajstić information content (AvgIpc) is 2.74. The topological polar surface area (TPSA) is 84.9 Å². The van der Waals surface area contributed by atoms with Crippen LogP contribution in [-0.2, 0) is 14.8 Å². The minimum atomic E-state index is -3.54. The van der Waals surface area contributed by atoms with Crippen LogP contribution in [0.1, 0.15) is 12.8 Å². The number of carbonyl (C=O) groups excluding carboxylic acids is 1. The lowest BCUT2D eigenvalue weighted by Gasteiger charge is -2.30. The summed E-state index contributed by atoms with van der Waals surface area (Å²) in [6, 6.07) is 11.5. The van der Waals surface area contributed by atoms with Gasteiger partial charge in [-0.05, 0) is 31.0 Å². The highest BCUT2D eigenvalue weighted by molar-refractivity contribution is 7.89. The molecule has 0 unspecified atom stereocenters. The maximum atomic E-state index is 12.7. The Kier molecular flexibility index (Phi) is 6.66. The molecule has 0 aromatic heterocycles. The predicted octanol–water partition coefficient (Wildman–Crippen LogP) is 3.40. The van der Waals surface area contributed by atoms with Gasteiger partial charge in [-0.15, -0.1) is 0 Å². The van der Waals surface area contributed by atoms with E-state index >= 15 is 0 Å². The molecule has 156 valence electrons. The minimum absolute atomic E-state index is 0.193. The Balaban J connectivity index is 1.66. The second kappa shape index (κ2) is 9.02. The number of halogens is 1. The zero-order valence-corrected chi connectivity index (χ0v) is 17.8. The highest BCUT2D eigenvalue weighted by Crippen LogP contribution is 2.36. The summed E-state index contributed by atoms with van der Waals surface area (Å²) >= 11 is 6.15. The summed E-state index contributed by atoms with van der Waals surface area (Å²) in [6.45, 7) is 0.575. The van der Waals surface area contributed by atoms with E-state index in [0.717, 1.165) is 0 Å². The van der Waals surface area contributed by atoms with E-state index in [1.165, 1.54) is 18.5 Å². The molecule has 0 radical (unpaired) electrons.